The molecule has 0 saturated heterocycles. The minimum Gasteiger partial charge on any atom is -0.454 e. The predicted octanol–water partition coefficient (Wildman–Crippen LogP) is 4.42. The molecule has 1 aliphatic rings. The van der Waals surface area contributed by atoms with Crippen LogP contribution in [-0.4, -0.2) is 17.7 Å². The van der Waals surface area contributed by atoms with Crippen LogP contribution in [0.2, 0.25) is 0 Å². The van der Waals surface area contributed by atoms with Crippen LogP contribution >= 0.6 is 0 Å². The third-order valence-electron chi connectivity index (χ3n) is 4.37. The number of carbonyl (C=O) groups excluding carboxylic acids is 1. The lowest BCUT2D eigenvalue weighted by atomic mass is 10.1. The number of para-hydroxylation sites is 1. The fourth-order valence-corrected chi connectivity index (χ4v) is 2.96. The summed E-state index contributed by atoms with van der Waals surface area (Å²) in [4.78, 5) is 16.8. The van der Waals surface area contributed by atoms with Crippen molar-refractivity contribution in [3.63, 3.8) is 0 Å². The Bertz CT molecular complexity index is 997. The predicted molar refractivity (Wildman–Crippen MR) is 104 cm³/mol. The zero-order valence-corrected chi connectivity index (χ0v) is 15.1. The van der Waals surface area contributed by atoms with Crippen molar-refractivity contribution < 1.29 is 14.3 Å². The first-order valence-electron chi connectivity index (χ1n) is 8.60. The first-order chi connectivity index (χ1) is 13.1. The molecule has 0 spiro atoms. The van der Waals surface area contributed by atoms with E-state index in [1.54, 1.807) is 30.5 Å². The SMILES string of the molecule is Cc1cccc(C)c1Nc1ccnc(C(=O)Nc2ccc3c(c2)OCO3)c1. The van der Waals surface area contributed by atoms with Crippen molar-refractivity contribution in [2.75, 3.05) is 17.4 Å². The summed E-state index contributed by atoms with van der Waals surface area (Å²) in [6, 6.07) is 14.9. The van der Waals surface area contributed by atoms with Crippen LogP contribution in [0.4, 0.5) is 17.1 Å². The van der Waals surface area contributed by atoms with Gasteiger partial charge in [-0.25, -0.2) is 0 Å². The quantitative estimate of drug-likeness (QED) is 0.719. The molecular weight excluding hydrogens is 342 g/mol. The molecular formula is C21H19N3O3. The highest BCUT2D eigenvalue weighted by Gasteiger charge is 2.15. The Morgan fingerprint density at radius 1 is 0.963 bits per heavy atom. The summed E-state index contributed by atoms with van der Waals surface area (Å²) >= 11 is 0. The van der Waals surface area contributed by atoms with E-state index in [1.807, 2.05) is 38.1 Å². The molecule has 6 nitrogen and oxygen atoms in total. The fraction of sp³-hybridized carbons (Fsp3) is 0.143. The zero-order chi connectivity index (χ0) is 18.8. The summed E-state index contributed by atoms with van der Waals surface area (Å²) in [5.41, 5.74) is 5.06. The molecule has 0 bridgehead atoms. The van der Waals surface area contributed by atoms with Gasteiger partial charge in [-0.1, -0.05) is 18.2 Å². The van der Waals surface area contributed by atoms with Crippen LogP contribution in [0.1, 0.15) is 21.6 Å². The van der Waals surface area contributed by atoms with Crippen molar-refractivity contribution in [1.29, 1.82) is 0 Å². The van der Waals surface area contributed by atoms with Gasteiger partial charge in [-0.3, -0.25) is 9.78 Å². The molecule has 136 valence electrons. The molecule has 2 N–H and O–H groups in total. The molecule has 2 aromatic carbocycles. The van der Waals surface area contributed by atoms with Gasteiger partial charge in [-0.05, 0) is 49.2 Å². The maximum absolute atomic E-state index is 12.6. The Labute approximate surface area is 157 Å². The zero-order valence-electron chi connectivity index (χ0n) is 15.1. The van der Waals surface area contributed by atoms with Gasteiger partial charge in [0.15, 0.2) is 11.5 Å². The molecule has 3 aromatic rings. The minimum atomic E-state index is -0.293. The number of benzene rings is 2. The van der Waals surface area contributed by atoms with Gasteiger partial charge < -0.3 is 20.1 Å². The molecule has 0 atom stereocenters. The van der Waals surface area contributed by atoms with E-state index in [4.69, 9.17) is 9.47 Å². The monoisotopic (exact) mass is 361 g/mol. The fourth-order valence-electron chi connectivity index (χ4n) is 2.96. The molecule has 0 saturated carbocycles. The van der Waals surface area contributed by atoms with E-state index in [0.717, 1.165) is 22.5 Å². The first-order valence-corrected chi connectivity index (χ1v) is 8.60. The topological polar surface area (TPSA) is 72.5 Å². The molecule has 0 fully saturated rings. The summed E-state index contributed by atoms with van der Waals surface area (Å²) in [7, 11) is 0. The van der Waals surface area contributed by atoms with Crippen LogP contribution in [0, 0.1) is 13.8 Å². The summed E-state index contributed by atoms with van der Waals surface area (Å²) in [6.45, 7) is 4.29. The van der Waals surface area contributed by atoms with Gasteiger partial charge in [-0.2, -0.15) is 0 Å². The Kier molecular flexibility index (Phi) is 4.38. The Morgan fingerprint density at radius 3 is 2.56 bits per heavy atom. The minimum absolute atomic E-state index is 0.195. The number of fused-ring (bicyclic) bond motifs is 1. The van der Waals surface area contributed by atoms with Gasteiger partial charge in [0.2, 0.25) is 6.79 Å². The number of aryl methyl sites for hydroxylation is 2. The third kappa shape index (κ3) is 3.55. The van der Waals surface area contributed by atoms with Crippen molar-refractivity contribution in [2.24, 2.45) is 0 Å². The van der Waals surface area contributed by atoms with Crippen LogP contribution in [-0.2, 0) is 0 Å². The number of carbonyl (C=O) groups is 1. The lowest BCUT2D eigenvalue weighted by molar-refractivity contribution is 0.102. The Hall–Kier alpha value is -3.54. The van der Waals surface area contributed by atoms with Crippen molar-refractivity contribution in [2.45, 2.75) is 13.8 Å². The highest BCUT2D eigenvalue weighted by atomic mass is 16.7. The number of rotatable bonds is 4. The van der Waals surface area contributed by atoms with Crippen LogP contribution in [0.25, 0.3) is 0 Å². The van der Waals surface area contributed by atoms with E-state index in [9.17, 15) is 4.79 Å². The van der Waals surface area contributed by atoms with E-state index < -0.39 is 0 Å². The molecule has 0 unspecified atom stereocenters. The first kappa shape index (κ1) is 16.9. The van der Waals surface area contributed by atoms with Crippen LogP contribution in [0.5, 0.6) is 11.5 Å². The van der Waals surface area contributed by atoms with E-state index in [2.05, 4.69) is 15.6 Å². The number of anilines is 3. The molecule has 6 heteroatoms. The largest absolute Gasteiger partial charge is 0.454 e. The standard InChI is InChI=1S/C21H19N3O3/c1-13-4-3-5-14(2)20(13)23-16-8-9-22-17(10-16)21(25)24-15-6-7-18-19(11-15)27-12-26-18/h3-11H,12H2,1-2H3,(H,22,23)(H,24,25). The average molecular weight is 361 g/mol. The molecule has 2 heterocycles. The van der Waals surface area contributed by atoms with Crippen molar-refractivity contribution in [3.05, 3.63) is 71.5 Å². The number of ether oxygens (including phenoxy) is 2. The average Bonchev–Trinajstić information content (AvgIpc) is 3.13. The Morgan fingerprint density at radius 2 is 1.74 bits per heavy atom. The number of hydrogen-bond donors (Lipinski definition) is 2. The number of nitrogens with one attached hydrogen (secondary N) is 2. The highest BCUT2D eigenvalue weighted by Crippen LogP contribution is 2.34. The molecule has 0 aliphatic carbocycles. The molecule has 0 radical (unpaired) electrons. The van der Waals surface area contributed by atoms with Crippen LogP contribution in [0.15, 0.2) is 54.7 Å². The van der Waals surface area contributed by atoms with E-state index in [-0.39, 0.29) is 12.7 Å². The van der Waals surface area contributed by atoms with Crippen LogP contribution in [0.3, 0.4) is 0 Å². The Balaban J connectivity index is 1.52. The summed E-state index contributed by atoms with van der Waals surface area (Å²) in [5.74, 6) is 0.996. The van der Waals surface area contributed by atoms with Gasteiger partial charge in [0, 0.05) is 29.3 Å². The lowest BCUT2D eigenvalue weighted by Gasteiger charge is -2.13. The normalized spacial score (nSPS) is 11.9. The van der Waals surface area contributed by atoms with Gasteiger partial charge in [0.1, 0.15) is 5.69 Å². The van der Waals surface area contributed by atoms with Crippen molar-refractivity contribution >= 4 is 23.0 Å². The molecule has 1 aromatic heterocycles. The lowest BCUT2D eigenvalue weighted by Crippen LogP contribution is -2.13. The molecule has 1 amide bonds. The summed E-state index contributed by atoms with van der Waals surface area (Å²) < 4.78 is 10.6. The van der Waals surface area contributed by atoms with Crippen molar-refractivity contribution in [3.8, 4) is 11.5 Å². The maximum atomic E-state index is 12.6. The summed E-state index contributed by atoms with van der Waals surface area (Å²) in [5, 5.41) is 6.21. The van der Waals surface area contributed by atoms with E-state index >= 15 is 0 Å². The van der Waals surface area contributed by atoms with Gasteiger partial charge in [-0.15, -0.1) is 0 Å². The number of hydrogen-bond acceptors (Lipinski definition) is 5. The van der Waals surface area contributed by atoms with Crippen LogP contribution < -0.4 is 20.1 Å². The second kappa shape index (κ2) is 6.99. The van der Waals surface area contributed by atoms with E-state index in [0.29, 0.717) is 22.9 Å². The number of pyridine rings is 1. The van der Waals surface area contributed by atoms with Gasteiger partial charge in [0.05, 0.1) is 0 Å². The third-order valence-corrected chi connectivity index (χ3v) is 4.37. The molecule has 1 aliphatic heterocycles. The van der Waals surface area contributed by atoms with Gasteiger partial charge >= 0.3 is 0 Å². The number of aromatic nitrogens is 1. The maximum Gasteiger partial charge on any atom is 0.274 e. The second-order valence-electron chi connectivity index (χ2n) is 6.34. The highest BCUT2D eigenvalue weighted by molar-refractivity contribution is 6.03. The van der Waals surface area contributed by atoms with Crippen molar-refractivity contribution in [1.82, 2.24) is 4.98 Å². The number of amides is 1. The van der Waals surface area contributed by atoms with Gasteiger partial charge in [0.25, 0.3) is 5.91 Å². The smallest absolute Gasteiger partial charge is 0.274 e. The number of nitrogens with zero attached hydrogens (tertiary/aromatic N) is 1. The molecule has 27 heavy (non-hydrogen) atoms. The molecule has 4 rings (SSSR count). The van der Waals surface area contributed by atoms with E-state index in [1.165, 1.54) is 0 Å². The summed E-state index contributed by atoms with van der Waals surface area (Å²) in [6.07, 6.45) is 1.62. The second-order valence-corrected chi connectivity index (χ2v) is 6.34.